The number of hydrogen-bond acceptors (Lipinski definition) is 5. The lowest BCUT2D eigenvalue weighted by molar-refractivity contribution is 0.0276. The molecule has 1 aliphatic heterocycles. The minimum atomic E-state index is 0.0958. The first-order chi connectivity index (χ1) is 10.4. The first kappa shape index (κ1) is 14.7. The molecular formula is C16H20N2O2S. The first-order valence-corrected chi connectivity index (χ1v) is 8.11. The Morgan fingerprint density at radius 2 is 2.24 bits per heavy atom. The molecule has 0 spiro atoms. The highest BCUT2D eigenvalue weighted by Crippen LogP contribution is 2.28. The van der Waals surface area contributed by atoms with Crippen LogP contribution in [0, 0.1) is 0 Å². The van der Waals surface area contributed by atoms with Gasteiger partial charge in [-0.2, -0.15) is 0 Å². The lowest BCUT2D eigenvalue weighted by Crippen LogP contribution is -2.33. The zero-order valence-corrected chi connectivity index (χ0v) is 13.0. The number of aromatic nitrogens is 1. The lowest BCUT2D eigenvalue weighted by atomic mass is 10.1. The van der Waals surface area contributed by atoms with Gasteiger partial charge in [0.25, 0.3) is 0 Å². The molecule has 0 saturated carbocycles. The average molecular weight is 304 g/mol. The van der Waals surface area contributed by atoms with E-state index in [1.165, 1.54) is 5.56 Å². The van der Waals surface area contributed by atoms with E-state index < -0.39 is 0 Å². The maximum Gasteiger partial charge on any atom is 0.124 e. The standard InChI is InChI=1S/C16H20N2O2S/c1-19-8-6-12-2-4-13(5-3-12)14-11-21-16(18-14)15-10-17-7-9-20-15/h2-5,11,15,17H,6-10H2,1H3. The van der Waals surface area contributed by atoms with E-state index >= 15 is 0 Å². The number of nitrogens with one attached hydrogen (secondary N) is 1. The molecule has 1 unspecified atom stereocenters. The molecule has 1 aromatic heterocycles. The van der Waals surface area contributed by atoms with Gasteiger partial charge in [0, 0.05) is 31.1 Å². The van der Waals surface area contributed by atoms with Crippen LogP contribution in [0.5, 0.6) is 0 Å². The van der Waals surface area contributed by atoms with E-state index in [9.17, 15) is 0 Å². The summed E-state index contributed by atoms with van der Waals surface area (Å²) < 4.78 is 10.8. The van der Waals surface area contributed by atoms with E-state index in [1.54, 1.807) is 18.4 Å². The van der Waals surface area contributed by atoms with Gasteiger partial charge in [-0.05, 0) is 12.0 Å². The molecule has 1 atom stereocenters. The third kappa shape index (κ3) is 3.68. The van der Waals surface area contributed by atoms with Gasteiger partial charge in [0.15, 0.2) is 0 Å². The summed E-state index contributed by atoms with van der Waals surface area (Å²) >= 11 is 1.67. The van der Waals surface area contributed by atoms with Crippen LogP contribution >= 0.6 is 11.3 Å². The van der Waals surface area contributed by atoms with Crippen LogP contribution < -0.4 is 5.32 Å². The van der Waals surface area contributed by atoms with Crippen LogP contribution in [0.25, 0.3) is 11.3 Å². The molecule has 5 heteroatoms. The van der Waals surface area contributed by atoms with E-state index in [2.05, 4.69) is 35.0 Å². The Morgan fingerprint density at radius 3 is 2.95 bits per heavy atom. The smallest absolute Gasteiger partial charge is 0.124 e. The highest BCUT2D eigenvalue weighted by Gasteiger charge is 2.19. The molecule has 4 nitrogen and oxygen atoms in total. The molecule has 1 N–H and O–H groups in total. The molecular weight excluding hydrogens is 284 g/mol. The summed E-state index contributed by atoms with van der Waals surface area (Å²) in [6.07, 6.45) is 1.04. The highest BCUT2D eigenvalue weighted by molar-refractivity contribution is 7.10. The van der Waals surface area contributed by atoms with E-state index in [0.29, 0.717) is 0 Å². The normalized spacial score (nSPS) is 18.8. The fraction of sp³-hybridized carbons (Fsp3) is 0.438. The second-order valence-corrected chi connectivity index (χ2v) is 5.96. The average Bonchev–Trinajstić information content (AvgIpc) is 3.04. The van der Waals surface area contributed by atoms with Crippen LogP contribution in [-0.4, -0.2) is 38.4 Å². The van der Waals surface area contributed by atoms with Crippen LogP contribution in [0.3, 0.4) is 0 Å². The van der Waals surface area contributed by atoms with Gasteiger partial charge >= 0.3 is 0 Å². The van der Waals surface area contributed by atoms with Crippen LogP contribution in [0.1, 0.15) is 16.7 Å². The van der Waals surface area contributed by atoms with Crippen molar-refractivity contribution in [1.29, 1.82) is 0 Å². The molecule has 1 aromatic carbocycles. The summed E-state index contributed by atoms with van der Waals surface area (Å²) in [4.78, 5) is 4.72. The second kappa shape index (κ2) is 7.13. The summed E-state index contributed by atoms with van der Waals surface area (Å²) in [5, 5.41) is 6.50. The van der Waals surface area contributed by atoms with Crippen molar-refractivity contribution in [3.63, 3.8) is 0 Å². The van der Waals surface area contributed by atoms with Crippen molar-refractivity contribution in [2.45, 2.75) is 12.5 Å². The number of methoxy groups -OCH3 is 1. The SMILES string of the molecule is COCCc1ccc(-c2csc(C3CNCCO3)n2)cc1. The molecule has 2 aromatic rings. The Labute approximate surface area is 129 Å². The van der Waals surface area contributed by atoms with Crippen LogP contribution in [0.4, 0.5) is 0 Å². The maximum atomic E-state index is 5.75. The minimum Gasteiger partial charge on any atom is -0.384 e. The Balaban J connectivity index is 1.70. The molecule has 0 bridgehead atoms. The number of benzene rings is 1. The molecule has 1 aliphatic rings. The summed E-state index contributed by atoms with van der Waals surface area (Å²) in [6, 6.07) is 8.55. The third-order valence-electron chi connectivity index (χ3n) is 3.57. The van der Waals surface area contributed by atoms with Crippen molar-refractivity contribution < 1.29 is 9.47 Å². The van der Waals surface area contributed by atoms with E-state index in [4.69, 9.17) is 14.5 Å². The van der Waals surface area contributed by atoms with E-state index in [-0.39, 0.29) is 6.10 Å². The number of ether oxygens (including phenoxy) is 2. The molecule has 2 heterocycles. The molecule has 0 amide bonds. The third-order valence-corrected chi connectivity index (χ3v) is 4.51. The predicted molar refractivity (Wildman–Crippen MR) is 84.7 cm³/mol. The number of rotatable bonds is 5. The monoisotopic (exact) mass is 304 g/mol. The quantitative estimate of drug-likeness (QED) is 0.922. The van der Waals surface area contributed by atoms with Gasteiger partial charge in [0.2, 0.25) is 0 Å². The molecule has 0 aliphatic carbocycles. The van der Waals surface area contributed by atoms with Crippen LogP contribution in [0.15, 0.2) is 29.6 Å². The Kier molecular flexibility index (Phi) is 4.98. The molecule has 1 fully saturated rings. The summed E-state index contributed by atoms with van der Waals surface area (Å²) in [7, 11) is 1.73. The fourth-order valence-electron chi connectivity index (χ4n) is 2.35. The topological polar surface area (TPSA) is 43.4 Å². The Hall–Kier alpha value is -1.27. The van der Waals surface area contributed by atoms with Gasteiger partial charge in [-0.1, -0.05) is 24.3 Å². The zero-order chi connectivity index (χ0) is 14.5. The number of hydrogen-bond donors (Lipinski definition) is 1. The molecule has 3 rings (SSSR count). The first-order valence-electron chi connectivity index (χ1n) is 7.23. The van der Waals surface area contributed by atoms with Gasteiger partial charge in [-0.25, -0.2) is 4.98 Å². The van der Waals surface area contributed by atoms with Crippen molar-refractivity contribution >= 4 is 11.3 Å². The van der Waals surface area contributed by atoms with E-state index in [1.807, 2.05) is 0 Å². The summed E-state index contributed by atoms with van der Waals surface area (Å²) in [6.45, 7) is 3.29. The maximum absolute atomic E-state index is 5.75. The van der Waals surface area contributed by atoms with Gasteiger partial charge in [-0.15, -0.1) is 11.3 Å². The van der Waals surface area contributed by atoms with Crippen molar-refractivity contribution in [3.05, 3.63) is 40.2 Å². The van der Waals surface area contributed by atoms with Crippen LogP contribution in [0.2, 0.25) is 0 Å². The molecule has 21 heavy (non-hydrogen) atoms. The fourth-order valence-corrected chi connectivity index (χ4v) is 3.23. The van der Waals surface area contributed by atoms with E-state index in [0.717, 1.165) is 49.0 Å². The number of thiazole rings is 1. The van der Waals surface area contributed by atoms with Gasteiger partial charge in [0.05, 0.1) is 18.9 Å². The largest absolute Gasteiger partial charge is 0.384 e. The number of nitrogens with zero attached hydrogens (tertiary/aromatic N) is 1. The molecule has 112 valence electrons. The Bertz CT molecular complexity index is 562. The van der Waals surface area contributed by atoms with Crippen molar-refractivity contribution in [2.24, 2.45) is 0 Å². The minimum absolute atomic E-state index is 0.0958. The van der Waals surface area contributed by atoms with Gasteiger partial charge in [0.1, 0.15) is 11.1 Å². The summed E-state index contributed by atoms with van der Waals surface area (Å²) in [5.74, 6) is 0. The zero-order valence-electron chi connectivity index (χ0n) is 12.2. The van der Waals surface area contributed by atoms with Gasteiger partial charge < -0.3 is 14.8 Å². The predicted octanol–water partition coefficient (Wildman–Crippen LogP) is 2.66. The Morgan fingerprint density at radius 1 is 1.38 bits per heavy atom. The number of morpholine rings is 1. The van der Waals surface area contributed by atoms with Crippen molar-refractivity contribution in [3.8, 4) is 11.3 Å². The second-order valence-electron chi connectivity index (χ2n) is 5.07. The van der Waals surface area contributed by atoms with Crippen molar-refractivity contribution in [1.82, 2.24) is 10.3 Å². The summed E-state index contributed by atoms with van der Waals surface area (Å²) in [5.41, 5.74) is 3.47. The van der Waals surface area contributed by atoms with Crippen molar-refractivity contribution in [2.75, 3.05) is 33.4 Å². The van der Waals surface area contributed by atoms with Gasteiger partial charge in [-0.3, -0.25) is 0 Å². The van der Waals surface area contributed by atoms with Crippen LogP contribution in [-0.2, 0) is 15.9 Å². The molecule has 1 saturated heterocycles. The highest BCUT2D eigenvalue weighted by atomic mass is 32.1. The lowest BCUT2D eigenvalue weighted by Gasteiger charge is -2.21. The molecule has 0 radical (unpaired) electrons.